The Balaban J connectivity index is 1.64. The molecule has 0 spiro atoms. The number of rotatable bonds is 6. The van der Waals surface area contributed by atoms with Crippen molar-refractivity contribution in [3.05, 3.63) is 75.9 Å². The Labute approximate surface area is 159 Å². The van der Waals surface area contributed by atoms with E-state index in [1.165, 1.54) is 23.3 Å². The number of amides is 1. The molecule has 7 heteroatoms. The number of carbonyl (C=O) groups is 1. The summed E-state index contributed by atoms with van der Waals surface area (Å²) in [7, 11) is 0. The van der Waals surface area contributed by atoms with Gasteiger partial charge < -0.3 is 10.0 Å². The fourth-order valence-electron chi connectivity index (χ4n) is 2.12. The van der Waals surface area contributed by atoms with Gasteiger partial charge in [0.1, 0.15) is 0 Å². The number of pyridine rings is 1. The second-order valence-corrected chi connectivity index (χ2v) is 8.16. The van der Waals surface area contributed by atoms with Crippen molar-refractivity contribution in [3.8, 4) is 0 Å². The molecule has 25 heavy (non-hydrogen) atoms. The average molecular weight is 390 g/mol. The highest BCUT2D eigenvalue weighted by molar-refractivity contribution is 8.02. The van der Waals surface area contributed by atoms with E-state index >= 15 is 0 Å². The second-order valence-electron chi connectivity index (χ2n) is 5.34. The molecule has 0 saturated carbocycles. The quantitative estimate of drug-likeness (QED) is 0.572. The van der Waals surface area contributed by atoms with Gasteiger partial charge >= 0.3 is 0 Å². The van der Waals surface area contributed by atoms with E-state index in [4.69, 9.17) is 11.6 Å². The van der Waals surface area contributed by atoms with Crippen LogP contribution >= 0.6 is 34.9 Å². The number of halogens is 1. The van der Waals surface area contributed by atoms with Crippen molar-refractivity contribution in [2.45, 2.75) is 17.7 Å². The van der Waals surface area contributed by atoms with Gasteiger partial charge in [-0.25, -0.2) is 0 Å². The molecule has 1 aromatic carbocycles. The van der Waals surface area contributed by atoms with Gasteiger partial charge in [-0.3, -0.25) is 9.78 Å². The van der Waals surface area contributed by atoms with E-state index in [1.807, 2.05) is 49.4 Å². The molecule has 0 aliphatic heterocycles. The van der Waals surface area contributed by atoms with Crippen molar-refractivity contribution in [2.24, 2.45) is 0 Å². The highest BCUT2D eigenvalue weighted by Crippen LogP contribution is 2.32. The molecule has 0 atom stereocenters. The predicted molar refractivity (Wildman–Crippen MR) is 105 cm³/mol. The summed E-state index contributed by atoms with van der Waals surface area (Å²) >= 11 is 8.94. The Morgan fingerprint density at radius 1 is 1.28 bits per heavy atom. The Hall–Kier alpha value is -2.02. The largest absolute Gasteiger partial charge is 0.348 e. The van der Waals surface area contributed by atoms with Gasteiger partial charge in [0.25, 0.3) is 5.91 Å². The Kier molecular flexibility index (Phi) is 5.96. The van der Waals surface area contributed by atoms with Crippen LogP contribution in [0.15, 0.2) is 59.1 Å². The number of benzene rings is 1. The summed E-state index contributed by atoms with van der Waals surface area (Å²) in [5.74, 6) is -0.115. The van der Waals surface area contributed by atoms with Crippen molar-refractivity contribution >= 4 is 46.5 Å². The van der Waals surface area contributed by atoms with Crippen LogP contribution in [0.4, 0.5) is 5.69 Å². The van der Waals surface area contributed by atoms with Gasteiger partial charge in [0.05, 0.1) is 8.55 Å². The monoisotopic (exact) mass is 389 g/mol. The zero-order chi connectivity index (χ0) is 17.6. The number of aromatic nitrogens is 1. The number of hydrogen-bond acceptors (Lipinski definition) is 5. The van der Waals surface area contributed by atoms with Crippen LogP contribution in [0, 0.1) is 6.92 Å². The summed E-state index contributed by atoms with van der Waals surface area (Å²) in [6.45, 7) is 2.45. The third-order valence-corrected chi connectivity index (χ3v) is 5.67. The van der Waals surface area contributed by atoms with Gasteiger partial charge in [0.2, 0.25) is 0 Å². The van der Waals surface area contributed by atoms with Gasteiger partial charge in [-0.05, 0) is 60.3 Å². The number of hydrogen-bond donors (Lipinski definition) is 2. The van der Waals surface area contributed by atoms with Crippen LogP contribution in [0.1, 0.15) is 21.5 Å². The number of nitrogens with zero attached hydrogens (tertiary/aromatic N) is 1. The van der Waals surface area contributed by atoms with Gasteiger partial charge in [-0.1, -0.05) is 23.7 Å². The fraction of sp³-hybridized carbons (Fsp3) is 0.111. The first-order chi connectivity index (χ1) is 12.1. The molecule has 0 bridgehead atoms. The minimum atomic E-state index is -0.115. The van der Waals surface area contributed by atoms with E-state index < -0.39 is 0 Å². The molecule has 0 aliphatic rings. The average Bonchev–Trinajstić information content (AvgIpc) is 3.05. The van der Waals surface area contributed by atoms with E-state index in [0.29, 0.717) is 12.1 Å². The van der Waals surface area contributed by atoms with Crippen LogP contribution in [0.25, 0.3) is 0 Å². The first-order valence-corrected chi connectivity index (χ1v) is 9.59. The van der Waals surface area contributed by atoms with Crippen LogP contribution in [0.5, 0.6) is 0 Å². The molecule has 2 heterocycles. The number of nitrogens with one attached hydrogen (secondary N) is 2. The molecule has 0 fully saturated rings. The minimum absolute atomic E-state index is 0.115. The maximum atomic E-state index is 12.4. The maximum Gasteiger partial charge on any atom is 0.251 e. The number of anilines is 1. The predicted octanol–water partition coefficient (Wildman–Crippen LogP) is 5.15. The lowest BCUT2D eigenvalue weighted by Gasteiger charge is -2.10. The lowest BCUT2D eigenvalue weighted by molar-refractivity contribution is 0.0951. The van der Waals surface area contributed by atoms with Crippen molar-refractivity contribution in [1.82, 2.24) is 10.3 Å². The molecule has 2 aromatic heterocycles. The normalized spacial score (nSPS) is 10.5. The zero-order valence-electron chi connectivity index (χ0n) is 13.5. The van der Waals surface area contributed by atoms with Gasteiger partial charge in [-0.15, -0.1) is 11.3 Å². The number of carbonyl (C=O) groups excluding carboxylic acids is 1. The van der Waals surface area contributed by atoms with Crippen LogP contribution in [0.2, 0.25) is 4.34 Å². The van der Waals surface area contributed by atoms with Crippen molar-refractivity contribution in [2.75, 3.05) is 4.72 Å². The first-order valence-electron chi connectivity index (χ1n) is 7.58. The molecular formula is C18H16ClN3OS2. The molecule has 0 saturated heterocycles. The van der Waals surface area contributed by atoms with Crippen molar-refractivity contribution in [3.63, 3.8) is 0 Å². The van der Waals surface area contributed by atoms with E-state index in [0.717, 1.165) is 25.4 Å². The fourth-order valence-corrected chi connectivity index (χ4v) is 4.16. The smallest absolute Gasteiger partial charge is 0.251 e. The summed E-state index contributed by atoms with van der Waals surface area (Å²) < 4.78 is 5.11. The molecule has 0 radical (unpaired) electrons. The molecular weight excluding hydrogens is 374 g/mol. The van der Waals surface area contributed by atoms with Crippen LogP contribution in [-0.2, 0) is 6.54 Å². The van der Waals surface area contributed by atoms with E-state index in [2.05, 4.69) is 15.0 Å². The Morgan fingerprint density at radius 2 is 2.16 bits per heavy atom. The second kappa shape index (κ2) is 8.38. The Bertz CT molecular complexity index is 868. The van der Waals surface area contributed by atoms with E-state index in [-0.39, 0.29) is 5.91 Å². The molecule has 0 aliphatic carbocycles. The Morgan fingerprint density at radius 3 is 2.88 bits per heavy atom. The molecule has 3 rings (SSSR count). The lowest BCUT2D eigenvalue weighted by Crippen LogP contribution is -2.22. The summed E-state index contributed by atoms with van der Waals surface area (Å²) in [6.07, 6.45) is 3.45. The van der Waals surface area contributed by atoms with Gasteiger partial charge in [-0.2, -0.15) is 0 Å². The van der Waals surface area contributed by atoms with Crippen molar-refractivity contribution < 1.29 is 4.79 Å². The number of aryl methyl sites for hydroxylation is 1. The molecule has 2 N–H and O–H groups in total. The van der Waals surface area contributed by atoms with Crippen LogP contribution < -0.4 is 10.0 Å². The topological polar surface area (TPSA) is 54.0 Å². The van der Waals surface area contributed by atoms with E-state index in [9.17, 15) is 4.79 Å². The molecule has 4 nitrogen and oxygen atoms in total. The van der Waals surface area contributed by atoms with Crippen LogP contribution in [-0.4, -0.2) is 10.9 Å². The van der Waals surface area contributed by atoms with Gasteiger partial charge in [0, 0.05) is 30.2 Å². The highest BCUT2D eigenvalue weighted by atomic mass is 35.5. The molecule has 1 amide bonds. The lowest BCUT2D eigenvalue weighted by atomic mass is 10.1. The standard InChI is InChI=1S/C18H16ClN3OS2/c1-12-4-5-14(18(23)21-11-13-3-2-8-20-10-13)9-15(12)22-25-17-7-6-16(19)24-17/h2-10,22H,11H2,1H3,(H,21,23). The van der Waals surface area contributed by atoms with Crippen LogP contribution in [0.3, 0.4) is 0 Å². The highest BCUT2D eigenvalue weighted by Gasteiger charge is 2.09. The molecule has 3 aromatic rings. The van der Waals surface area contributed by atoms with Gasteiger partial charge in [0.15, 0.2) is 0 Å². The summed E-state index contributed by atoms with van der Waals surface area (Å²) in [5, 5.41) is 2.91. The molecule has 0 unspecified atom stereocenters. The van der Waals surface area contributed by atoms with Crippen molar-refractivity contribution in [1.29, 1.82) is 0 Å². The SMILES string of the molecule is Cc1ccc(C(=O)NCc2cccnc2)cc1NSc1ccc(Cl)s1. The first kappa shape index (κ1) is 17.8. The van der Waals surface area contributed by atoms with E-state index in [1.54, 1.807) is 12.4 Å². The minimum Gasteiger partial charge on any atom is -0.348 e. The summed E-state index contributed by atoms with van der Waals surface area (Å²) in [6, 6.07) is 13.2. The maximum absolute atomic E-state index is 12.4. The zero-order valence-corrected chi connectivity index (χ0v) is 15.8. The number of thiophene rings is 1. The molecule has 128 valence electrons. The third-order valence-electron chi connectivity index (χ3n) is 3.49. The summed E-state index contributed by atoms with van der Waals surface area (Å²) in [4.78, 5) is 16.4. The third kappa shape index (κ3) is 4.98. The summed E-state index contributed by atoms with van der Waals surface area (Å²) in [5.41, 5.74) is 3.55.